The van der Waals surface area contributed by atoms with Gasteiger partial charge in [-0.25, -0.2) is 0 Å². The molecule has 1 atom stereocenters. The Morgan fingerprint density at radius 1 is 1.46 bits per heavy atom. The van der Waals surface area contributed by atoms with Crippen LogP contribution < -0.4 is 10.5 Å². The van der Waals surface area contributed by atoms with Gasteiger partial charge in [0.05, 0.1) is 4.92 Å². The number of hydrogen-bond donors (Lipinski definition) is 1. The number of likely N-dealkylation sites (N-methyl/N-ethyl adjacent to an activating group) is 1. The highest BCUT2D eigenvalue weighted by molar-refractivity contribution is 5.85. The van der Waals surface area contributed by atoms with E-state index in [1.165, 1.54) is 11.0 Å². The number of carbonyl (C=O) groups excluding carboxylic acids is 1. The van der Waals surface area contributed by atoms with E-state index in [2.05, 4.69) is 0 Å². The number of hydrogen-bond acceptors (Lipinski definition) is 5. The first-order chi connectivity index (χ1) is 10.7. The molecule has 0 spiro atoms. The Balaban J connectivity index is 0.00000529. The van der Waals surface area contributed by atoms with Crippen LogP contribution in [0.3, 0.4) is 0 Å². The predicted octanol–water partition coefficient (Wildman–Crippen LogP) is 2.37. The molecule has 0 aromatic heterocycles. The smallest absolute Gasteiger partial charge is 0.305 e. The fourth-order valence-electron chi connectivity index (χ4n) is 1.78. The zero-order valence-electron chi connectivity index (χ0n) is 13.9. The summed E-state index contributed by atoms with van der Waals surface area (Å²) in [5.41, 5.74) is 5.28. The molecule has 1 aromatic carbocycles. The fourth-order valence-corrected chi connectivity index (χ4v) is 1.78. The van der Waals surface area contributed by atoms with E-state index in [9.17, 15) is 19.3 Å². The maximum absolute atomic E-state index is 13.4. The van der Waals surface area contributed by atoms with Crippen molar-refractivity contribution in [1.29, 1.82) is 0 Å². The number of halogens is 2. The largest absolute Gasteiger partial charge is 0.484 e. The molecule has 136 valence electrons. The molecule has 0 fully saturated rings. The van der Waals surface area contributed by atoms with Gasteiger partial charge in [-0.15, -0.1) is 12.4 Å². The summed E-state index contributed by atoms with van der Waals surface area (Å²) in [7, 11) is 1.63. The number of rotatable bonds is 8. The van der Waals surface area contributed by atoms with E-state index in [0.29, 0.717) is 18.9 Å². The second-order valence-electron chi connectivity index (χ2n) is 5.67. The van der Waals surface area contributed by atoms with E-state index >= 15 is 0 Å². The Morgan fingerprint density at radius 2 is 2.08 bits per heavy atom. The van der Waals surface area contributed by atoms with Gasteiger partial charge in [0.15, 0.2) is 6.61 Å². The van der Waals surface area contributed by atoms with Crippen LogP contribution in [0.25, 0.3) is 0 Å². The summed E-state index contributed by atoms with van der Waals surface area (Å²) in [6.45, 7) is 4.25. The summed E-state index contributed by atoms with van der Waals surface area (Å²) >= 11 is 0. The Labute approximate surface area is 146 Å². The summed E-state index contributed by atoms with van der Waals surface area (Å²) < 4.78 is 18.6. The number of benzene rings is 1. The molecule has 1 rings (SSSR count). The monoisotopic (exact) mass is 363 g/mol. The van der Waals surface area contributed by atoms with Gasteiger partial charge in [-0.3, -0.25) is 14.9 Å². The molecule has 1 amide bonds. The normalized spacial score (nSPS) is 11.6. The molecule has 7 nitrogen and oxygen atoms in total. The molecule has 0 heterocycles. The van der Waals surface area contributed by atoms with Crippen molar-refractivity contribution < 1.29 is 18.8 Å². The Bertz CT molecular complexity index is 572. The standard InChI is InChI=1S/C15H22FN3O4.ClH/c1-10(2)13(17)6-7-18(3)15(20)9-23-11-4-5-14(19(21)22)12(16)8-11;/h4-5,8,10,13H,6-7,9,17H2,1-3H3;1H. The molecule has 2 N–H and O–H groups in total. The van der Waals surface area contributed by atoms with Gasteiger partial charge in [0.1, 0.15) is 5.75 Å². The van der Waals surface area contributed by atoms with Crippen molar-refractivity contribution in [3.63, 3.8) is 0 Å². The van der Waals surface area contributed by atoms with Gasteiger partial charge in [-0.2, -0.15) is 4.39 Å². The Hall–Kier alpha value is -1.93. The lowest BCUT2D eigenvalue weighted by atomic mass is 10.0. The third-order valence-electron chi connectivity index (χ3n) is 3.56. The van der Waals surface area contributed by atoms with Crippen LogP contribution in [-0.4, -0.2) is 42.0 Å². The quantitative estimate of drug-likeness (QED) is 0.564. The van der Waals surface area contributed by atoms with E-state index < -0.39 is 16.4 Å². The van der Waals surface area contributed by atoms with E-state index in [-0.39, 0.29) is 36.7 Å². The van der Waals surface area contributed by atoms with Gasteiger partial charge in [-0.05, 0) is 18.4 Å². The van der Waals surface area contributed by atoms with Gasteiger partial charge >= 0.3 is 5.69 Å². The minimum atomic E-state index is -1.00. The van der Waals surface area contributed by atoms with Gasteiger partial charge in [0.25, 0.3) is 5.91 Å². The van der Waals surface area contributed by atoms with E-state index in [4.69, 9.17) is 10.5 Å². The van der Waals surface area contributed by atoms with Gasteiger partial charge in [-0.1, -0.05) is 13.8 Å². The van der Waals surface area contributed by atoms with Crippen LogP contribution in [-0.2, 0) is 4.79 Å². The summed E-state index contributed by atoms with van der Waals surface area (Å²) in [6, 6.07) is 3.15. The van der Waals surface area contributed by atoms with Crippen LogP contribution in [0.15, 0.2) is 18.2 Å². The molecule has 0 aliphatic carbocycles. The number of carbonyl (C=O) groups is 1. The number of nitrogens with zero attached hydrogens (tertiary/aromatic N) is 2. The molecule has 0 aliphatic heterocycles. The number of ether oxygens (including phenoxy) is 1. The fraction of sp³-hybridized carbons (Fsp3) is 0.533. The number of amides is 1. The molecular formula is C15H23ClFN3O4. The van der Waals surface area contributed by atoms with Crippen molar-refractivity contribution in [3.8, 4) is 5.75 Å². The first-order valence-electron chi connectivity index (χ1n) is 7.28. The third kappa shape index (κ3) is 6.67. The zero-order valence-corrected chi connectivity index (χ0v) is 14.7. The first-order valence-corrected chi connectivity index (χ1v) is 7.28. The van der Waals surface area contributed by atoms with Crippen LogP contribution in [0.4, 0.5) is 10.1 Å². The van der Waals surface area contributed by atoms with E-state index in [1.807, 2.05) is 13.8 Å². The van der Waals surface area contributed by atoms with Crippen molar-refractivity contribution in [2.75, 3.05) is 20.2 Å². The number of nitro benzene ring substituents is 1. The van der Waals surface area contributed by atoms with Crippen molar-refractivity contribution in [2.24, 2.45) is 11.7 Å². The lowest BCUT2D eigenvalue weighted by Crippen LogP contribution is -2.36. The second-order valence-corrected chi connectivity index (χ2v) is 5.67. The molecule has 0 saturated carbocycles. The summed E-state index contributed by atoms with van der Waals surface area (Å²) in [4.78, 5) is 23.1. The summed E-state index contributed by atoms with van der Waals surface area (Å²) in [5, 5.41) is 10.5. The predicted molar refractivity (Wildman–Crippen MR) is 90.9 cm³/mol. The van der Waals surface area contributed by atoms with Gasteiger partial charge in [0, 0.05) is 31.8 Å². The average Bonchev–Trinajstić information content (AvgIpc) is 2.49. The Kier molecular flexibility index (Phi) is 9.24. The molecule has 0 saturated heterocycles. The van der Waals surface area contributed by atoms with E-state index in [0.717, 1.165) is 12.1 Å². The van der Waals surface area contributed by atoms with Crippen molar-refractivity contribution in [3.05, 3.63) is 34.1 Å². The Morgan fingerprint density at radius 3 is 2.58 bits per heavy atom. The molecule has 1 unspecified atom stereocenters. The molecule has 24 heavy (non-hydrogen) atoms. The van der Waals surface area contributed by atoms with Crippen LogP contribution in [0.2, 0.25) is 0 Å². The van der Waals surface area contributed by atoms with Crippen molar-refractivity contribution >= 4 is 24.0 Å². The van der Waals surface area contributed by atoms with E-state index in [1.54, 1.807) is 7.05 Å². The highest BCUT2D eigenvalue weighted by atomic mass is 35.5. The third-order valence-corrected chi connectivity index (χ3v) is 3.56. The minimum Gasteiger partial charge on any atom is -0.484 e. The lowest BCUT2D eigenvalue weighted by molar-refractivity contribution is -0.387. The molecule has 0 radical (unpaired) electrons. The molecule has 1 aromatic rings. The van der Waals surface area contributed by atoms with Crippen LogP contribution >= 0.6 is 12.4 Å². The van der Waals surface area contributed by atoms with Crippen LogP contribution in [0.5, 0.6) is 5.75 Å². The maximum atomic E-state index is 13.4. The SMILES string of the molecule is CC(C)C(N)CCN(C)C(=O)COc1ccc([N+](=O)[O-])c(F)c1.Cl. The number of nitrogens with two attached hydrogens (primary N) is 1. The topological polar surface area (TPSA) is 98.7 Å². The number of nitro groups is 1. The highest BCUT2D eigenvalue weighted by Crippen LogP contribution is 2.22. The summed E-state index contributed by atoms with van der Waals surface area (Å²) in [6.07, 6.45) is 0.673. The molecule has 0 bridgehead atoms. The van der Waals surface area contributed by atoms with Crippen LogP contribution in [0, 0.1) is 21.8 Å². The van der Waals surface area contributed by atoms with Gasteiger partial charge < -0.3 is 15.4 Å². The second kappa shape index (κ2) is 10.0. The first kappa shape index (κ1) is 22.1. The van der Waals surface area contributed by atoms with Crippen molar-refractivity contribution in [1.82, 2.24) is 4.90 Å². The average molecular weight is 364 g/mol. The van der Waals surface area contributed by atoms with Crippen molar-refractivity contribution in [2.45, 2.75) is 26.3 Å². The molecular weight excluding hydrogens is 341 g/mol. The zero-order chi connectivity index (χ0) is 17.6. The highest BCUT2D eigenvalue weighted by Gasteiger charge is 2.16. The lowest BCUT2D eigenvalue weighted by Gasteiger charge is -2.21. The minimum absolute atomic E-state index is 0. The summed E-state index contributed by atoms with van der Waals surface area (Å²) in [5.74, 6) is -0.887. The molecule has 0 aliphatic rings. The van der Waals surface area contributed by atoms with Crippen LogP contribution in [0.1, 0.15) is 20.3 Å². The van der Waals surface area contributed by atoms with Gasteiger partial charge in [0.2, 0.25) is 5.82 Å². The molecule has 9 heteroatoms. The maximum Gasteiger partial charge on any atom is 0.305 e.